The summed E-state index contributed by atoms with van der Waals surface area (Å²) >= 11 is 1.48. The van der Waals surface area contributed by atoms with Gasteiger partial charge in [-0.25, -0.2) is 4.98 Å². The first-order chi connectivity index (χ1) is 10.1. The molecular formula is C15H24N4OS. The molecule has 2 aliphatic rings. The number of likely N-dealkylation sites (tertiary alicyclic amines) is 2. The van der Waals surface area contributed by atoms with Crippen LogP contribution in [0.5, 0.6) is 0 Å². The van der Waals surface area contributed by atoms with Crippen molar-refractivity contribution < 1.29 is 4.79 Å². The third-order valence-corrected chi connectivity index (χ3v) is 5.81. The molecule has 1 aromatic rings. The zero-order valence-corrected chi connectivity index (χ0v) is 13.6. The zero-order valence-electron chi connectivity index (χ0n) is 12.8. The largest absolute Gasteiger partial charge is 0.337 e. The summed E-state index contributed by atoms with van der Waals surface area (Å²) < 4.78 is 0. The molecule has 0 bridgehead atoms. The number of nitrogens with zero attached hydrogens (tertiary/aromatic N) is 3. The molecule has 0 radical (unpaired) electrons. The summed E-state index contributed by atoms with van der Waals surface area (Å²) in [5, 5.41) is 2.69. The first-order valence-corrected chi connectivity index (χ1v) is 8.64. The van der Waals surface area contributed by atoms with Gasteiger partial charge in [-0.3, -0.25) is 4.79 Å². The van der Waals surface area contributed by atoms with Gasteiger partial charge in [0.25, 0.3) is 5.91 Å². The SMILES string of the molecule is CC(N)c1nc(C(=O)N2CCC3C(CCCN3C)C2)cs1. The molecule has 2 aliphatic heterocycles. The molecule has 3 unspecified atom stereocenters. The highest BCUT2D eigenvalue weighted by Crippen LogP contribution is 2.30. The third kappa shape index (κ3) is 2.98. The highest BCUT2D eigenvalue weighted by Gasteiger charge is 2.36. The summed E-state index contributed by atoms with van der Waals surface area (Å²) in [5.74, 6) is 0.692. The fraction of sp³-hybridized carbons (Fsp3) is 0.733. The van der Waals surface area contributed by atoms with Crippen LogP contribution in [-0.4, -0.2) is 53.4 Å². The highest BCUT2D eigenvalue weighted by atomic mass is 32.1. The number of amides is 1. The molecule has 5 nitrogen and oxygen atoms in total. The molecule has 3 heterocycles. The van der Waals surface area contributed by atoms with Crippen molar-refractivity contribution in [3.05, 3.63) is 16.1 Å². The van der Waals surface area contributed by atoms with Gasteiger partial charge in [-0.05, 0) is 45.7 Å². The van der Waals surface area contributed by atoms with E-state index in [1.54, 1.807) is 0 Å². The summed E-state index contributed by atoms with van der Waals surface area (Å²) in [6.45, 7) is 4.81. The molecule has 1 aromatic heterocycles. The Morgan fingerprint density at radius 3 is 3.00 bits per heavy atom. The van der Waals surface area contributed by atoms with E-state index in [0.717, 1.165) is 24.5 Å². The molecule has 0 aliphatic carbocycles. The van der Waals surface area contributed by atoms with Gasteiger partial charge in [-0.1, -0.05) is 0 Å². The van der Waals surface area contributed by atoms with E-state index < -0.39 is 0 Å². The van der Waals surface area contributed by atoms with Gasteiger partial charge in [0, 0.05) is 24.5 Å². The highest BCUT2D eigenvalue weighted by molar-refractivity contribution is 7.09. The van der Waals surface area contributed by atoms with Crippen molar-refractivity contribution in [3.63, 3.8) is 0 Å². The average Bonchev–Trinajstić information content (AvgIpc) is 2.96. The van der Waals surface area contributed by atoms with E-state index in [-0.39, 0.29) is 11.9 Å². The lowest BCUT2D eigenvalue weighted by molar-refractivity contribution is 0.0313. The van der Waals surface area contributed by atoms with Gasteiger partial charge < -0.3 is 15.5 Å². The molecule has 2 saturated heterocycles. The van der Waals surface area contributed by atoms with Crippen LogP contribution in [0.4, 0.5) is 0 Å². The topological polar surface area (TPSA) is 62.5 Å². The van der Waals surface area contributed by atoms with E-state index in [1.807, 2.05) is 17.2 Å². The van der Waals surface area contributed by atoms with Crippen LogP contribution in [-0.2, 0) is 0 Å². The molecule has 0 spiro atoms. The van der Waals surface area contributed by atoms with Gasteiger partial charge in [-0.15, -0.1) is 11.3 Å². The Morgan fingerprint density at radius 2 is 2.29 bits per heavy atom. The molecule has 1 amide bonds. The first kappa shape index (κ1) is 14.9. The van der Waals surface area contributed by atoms with Crippen LogP contribution >= 0.6 is 11.3 Å². The summed E-state index contributed by atoms with van der Waals surface area (Å²) in [6, 6.07) is 0.548. The Morgan fingerprint density at radius 1 is 1.48 bits per heavy atom. The number of thiazole rings is 1. The van der Waals surface area contributed by atoms with E-state index in [4.69, 9.17) is 5.73 Å². The maximum absolute atomic E-state index is 12.6. The standard InChI is InChI=1S/C15H24N4OS/c1-10(16)14-17-12(9-21-14)15(20)19-7-5-13-11(8-19)4-3-6-18(13)2/h9-11,13H,3-8,16H2,1-2H3. The summed E-state index contributed by atoms with van der Waals surface area (Å²) in [4.78, 5) is 21.5. The Bertz CT molecular complexity index is 516. The molecule has 0 saturated carbocycles. The van der Waals surface area contributed by atoms with Crippen molar-refractivity contribution in [2.45, 2.75) is 38.3 Å². The number of piperidine rings is 2. The van der Waals surface area contributed by atoms with Crippen LogP contribution in [0.2, 0.25) is 0 Å². The van der Waals surface area contributed by atoms with E-state index in [9.17, 15) is 4.79 Å². The maximum atomic E-state index is 12.6. The van der Waals surface area contributed by atoms with Gasteiger partial charge in [0.05, 0.1) is 6.04 Å². The zero-order chi connectivity index (χ0) is 15.0. The second-order valence-electron chi connectivity index (χ2n) is 6.35. The van der Waals surface area contributed by atoms with E-state index >= 15 is 0 Å². The summed E-state index contributed by atoms with van der Waals surface area (Å²) in [5.41, 5.74) is 6.39. The molecule has 2 N–H and O–H groups in total. The third-order valence-electron chi connectivity index (χ3n) is 4.76. The van der Waals surface area contributed by atoms with Gasteiger partial charge in [0.15, 0.2) is 0 Å². The van der Waals surface area contributed by atoms with Gasteiger partial charge >= 0.3 is 0 Å². The number of carbonyl (C=O) groups excluding carboxylic acids is 1. The van der Waals surface area contributed by atoms with Gasteiger partial charge in [-0.2, -0.15) is 0 Å². The minimum Gasteiger partial charge on any atom is -0.337 e. The van der Waals surface area contributed by atoms with Crippen molar-refractivity contribution in [1.29, 1.82) is 0 Å². The van der Waals surface area contributed by atoms with Crippen LogP contribution in [0.3, 0.4) is 0 Å². The number of hydrogen-bond acceptors (Lipinski definition) is 5. The Kier molecular flexibility index (Phi) is 4.28. The predicted molar refractivity (Wildman–Crippen MR) is 84.4 cm³/mol. The minimum absolute atomic E-state index is 0.0739. The summed E-state index contributed by atoms with van der Waals surface area (Å²) in [6.07, 6.45) is 3.56. The second-order valence-corrected chi connectivity index (χ2v) is 7.24. The van der Waals surface area contributed by atoms with E-state index in [2.05, 4.69) is 16.9 Å². The van der Waals surface area contributed by atoms with Crippen LogP contribution < -0.4 is 5.73 Å². The first-order valence-electron chi connectivity index (χ1n) is 7.76. The van der Waals surface area contributed by atoms with Crippen molar-refractivity contribution in [2.24, 2.45) is 11.7 Å². The molecule has 2 fully saturated rings. The number of hydrogen-bond donors (Lipinski definition) is 1. The lowest BCUT2D eigenvalue weighted by atomic mass is 9.84. The van der Waals surface area contributed by atoms with Crippen molar-refractivity contribution in [2.75, 3.05) is 26.7 Å². The number of nitrogens with two attached hydrogens (primary N) is 1. The van der Waals surface area contributed by atoms with Crippen molar-refractivity contribution in [1.82, 2.24) is 14.8 Å². The fourth-order valence-electron chi connectivity index (χ4n) is 3.59. The fourth-order valence-corrected chi connectivity index (χ4v) is 4.35. The lowest BCUT2D eigenvalue weighted by Gasteiger charge is -2.45. The van der Waals surface area contributed by atoms with Gasteiger partial charge in [0.1, 0.15) is 10.7 Å². The van der Waals surface area contributed by atoms with Crippen LogP contribution in [0.15, 0.2) is 5.38 Å². The smallest absolute Gasteiger partial charge is 0.273 e. The molecule has 6 heteroatoms. The maximum Gasteiger partial charge on any atom is 0.273 e. The quantitative estimate of drug-likeness (QED) is 0.903. The van der Waals surface area contributed by atoms with Crippen LogP contribution in [0.25, 0.3) is 0 Å². The molecule has 0 aromatic carbocycles. The van der Waals surface area contributed by atoms with Crippen molar-refractivity contribution >= 4 is 17.2 Å². The normalized spacial score (nSPS) is 28.2. The minimum atomic E-state index is -0.103. The van der Waals surface area contributed by atoms with E-state index in [1.165, 1.54) is 30.7 Å². The Hall–Kier alpha value is -0.980. The number of rotatable bonds is 2. The molecule has 21 heavy (non-hydrogen) atoms. The van der Waals surface area contributed by atoms with E-state index in [0.29, 0.717) is 17.7 Å². The van der Waals surface area contributed by atoms with Crippen LogP contribution in [0.1, 0.15) is 47.7 Å². The molecular weight excluding hydrogens is 284 g/mol. The number of aromatic nitrogens is 1. The second kappa shape index (κ2) is 6.02. The monoisotopic (exact) mass is 308 g/mol. The average molecular weight is 308 g/mol. The Labute approximate surface area is 130 Å². The Balaban J connectivity index is 1.68. The predicted octanol–water partition coefficient (Wildman–Crippen LogP) is 1.72. The molecule has 3 rings (SSSR count). The number of carbonyl (C=O) groups is 1. The van der Waals surface area contributed by atoms with Crippen LogP contribution in [0, 0.1) is 5.92 Å². The molecule has 3 atom stereocenters. The van der Waals surface area contributed by atoms with Gasteiger partial charge in [0.2, 0.25) is 0 Å². The molecule has 116 valence electrons. The number of fused-ring (bicyclic) bond motifs is 1. The lowest BCUT2D eigenvalue weighted by Crippen LogP contribution is -2.53. The van der Waals surface area contributed by atoms with Crippen molar-refractivity contribution in [3.8, 4) is 0 Å². The summed E-state index contributed by atoms with van der Waals surface area (Å²) in [7, 11) is 2.21.